The second-order valence-electron chi connectivity index (χ2n) is 6.49. The third-order valence-corrected chi connectivity index (χ3v) is 6.67. The fraction of sp³-hybridized carbons (Fsp3) is 0.211. The standard InChI is InChI=1S/C19H19N5O3S2/c1-12-18(28-19(21-12)13-5-4-9-20-11-13)15-6-7-16-17(22-15)14(8-10-27-16)23-24(2)29(3,25)26/h4-9,11,23H,10H2,1-3H3. The molecule has 150 valence electrons. The first-order valence-electron chi connectivity index (χ1n) is 8.76. The van der Waals surface area contributed by atoms with Gasteiger partial charge in [0.25, 0.3) is 0 Å². The molecule has 0 bridgehead atoms. The van der Waals surface area contributed by atoms with Gasteiger partial charge < -0.3 is 10.2 Å². The molecule has 0 spiro atoms. The summed E-state index contributed by atoms with van der Waals surface area (Å²) < 4.78 is 30.2. The summed E-state index contributed by atoms with van der Waals surface area (Å²) in [4.78, 5) is 14.5. The Morgan fingerprint density at radius 3 is 2.79 bits per heavy atom. The van der Waals surface area contributed by atoms with Crippen molar-refractivity contribution < 1.29 is 13.2 Å². The number of hydrogen-bond donors (Lipinski definition) is 1. The molecule has 0 aromatic carbocycles. The van der Waals surface area contributed by atoms with Gasteiger partial charge in [-0.05, 0) is 37.3 Å². The Morgan fingerprint density at radius 2 is 2.07 bits per heavy atom. The zero-order valence-corrected chi connectivity index (χ0v) is 17.7. The molecule has 4 rings (SSSR count). The van der Waals surface area contributed by atoms with E-state index in [9.17, 15) is 8.42 Å². The summed E-state index contributed by atoms with van der Waals surface area (Å²) >= 11 is 1.54. The van der Waals surface area contributed by atoms with Crippen LogP contribution in [0.15, 0.2) is 42.7 Å². The molecule has 29 heavy (non-hydrogen) atoms. The number of rotatable bonds is 5. The summed E-state index contributed by atoms with van der Waals surface area (Å²) in [5, 5.41) is 0.868. The number of ether oxygens (including phenoxy) is 1. The van der Waals surface area contributed by atoms with E-state index in [1.165, 1.54) is 18.4 Å². The van der Waals surface area contributed by atoms with Gasteiger partial charge in [0, 0.05) is 25.0 Å². The monoisotopic (exact) mass is 429 g/mol. The Balaban J connectivity index is 1.71. The highest BCUT2D eigenvalue weighted by atomic mass is 32.2. The van der Waals surface area contributed by atoms with E-state index in [0.29, 0.717) is 23.7 Å². The largest absolute Gasteiger partial charge is 0.487 e. The van der Waals surface area contributed by atoms with Crippen molar-refractivity contribution in [1.82, 2.24) is 24.8 Å². The molecule has 1 N–H and O–H groups in total. The van der Waals surface area contributed by atoms with Crippen LogP contribution in [0.1, 0.15) is 11.4 Å². The van der Waals surface area contributed by atoms with E-state index >= 15 is 0 Å². The lowest BCUT2D eigenvalue weighted by atomic mass is 10.1. The third-order valence-electron chi connectivity index (χ3n) is 4.35. The van der Waals surface area contributed by atoms with Crippen molar-refractivity contribution in [2.75, 3.05) is 19.9 Å². The molecule has 8 nitrogen and oxygen atoms in total. The molecule has 1 aliphatic rings. The SMILES string of the molecule is Cc1nc(-c2cccnc2)sc1-c1ccc2c(n1)C(NN(C)S(C)(=O)=O)=CCO2. The minimum Gasteiger partial charge on any atom is -0.487 e. The highest BCUT2D eigenvalue weighted by molar-refractivity contribution is 7.88. The number of sulfonamides is 1. The first kappa shape index (κ1) is 19.5. The fourth-order valence-electron chi connectivity index (χ4n) is 2.79. The average molecular weight is 430 g/mol. The first-order chi connectivity index (χ1) is 13.8. The number of hydrogen-bond acceptors (Lipinski definition) is 8. The first-order valence-corrected chi connectivity index (χ1v) is 11.4. The quantitative estimate of drug-likeness (QED) is 0.623. The molecule has 1 aliphatic heterocycles. The number of hydrazine groups is 1. The molecular formula is C19H19N5O3S2. The van der Waals surface area contributed by atoms with Crippen LogP contribution in [0.4, 0.5) is 0 Å². The average Bonchev–Trinajstić information content (AvgIpc) is 3.09. The van der Waals surface area contributed by atoms with Crippen molar-refractivity contribution in [2.45, 2.75) is 6.92 Å². The Morgan fingerprint density at radius 1 is 1.24 bits per heavy atom. The number of aromatic nitrogens is 3. The summed E-state index contributed by atoms with van der Waals surface area (Å²) in [5.74, 6) is 0.593. The van der Waals surface area contributed by atoms with Gasteiger partial charge >= 0.3 is 0 Å². The normalized spacial score (nSPS) is 13.6. The van der Waals surface area contributed by atoms with Gasteiger partial charge in [-0.1, -0.05) is 0 Å². The van der Waals surface area contributed by atoms with Crippen LogP contribution in [0.25, 0.3) is 26.8 Å². The molecule has 0 saturated carbocycles. The van der Waals surface area contributed by atoms with E-state index in [-0.39, 0.29) is 0 Å². The highest BCUT2D eigenvalue weighted by Crippen LogP contribution is 2.36. The van der Waals surface area contributed by atoms with Crippen LogP contribution in [0.2, 0.25) is 0 Å². The maximum Gasteiger partial charge on any atom is 0.227 e. The summed E-state index contributed by atoms with van der Waals surface area (Å²) in [5.41, 5.74) is 6.58. The molecule has 0 unspecified atom stereocenters. The van der Waals surface area contributed by atoms with Gasteiger partial charge in [0.15, 0.2) is 0 Å². The molecule has 4 heterocycles. The minimum absolute atomic E-state index is 0.332. The predicted octanol–water partition coefficient (Wildman–Crippen LogP) is 2.70. The minimum atomic E-state index is -3.40. The van der Waals surface area contributed by atoms with Crippen LogP contribution in [0.3, 0.4) is 0 Å². The fourth-order valence-corrected chi connectivity index (χ4v) is 4.08. The Hall–Kier alpha value is -2.82. The van der Waals surface area contributed by atoms with Gasteiger partial charge in [0.1, 0.15) is 23.1 Å². The van der Waals surface area contributed by atoms with Crippen LogP contribution in [-0.4, -0.2) is 47.7 Å². The van der Waals surface area contributed by atoms with Crippen molar-refractivity contribution in [2.24, 2.45) is 0 Å². The molecule has 0 fully saturated rings. The van der Waals surface area contributed by atoms with Gasteiger partial charge in [-0.2, -0.15) is 0 Å². The second-order valence-corrected chi connectivity index (χ2v) is 9.50. The summed E-state index contributed by atoms with van der Waals surface area (Å²) in [7, 11) is -1.96. The molecule has 0 saturated heterocycles. The molecule has 3 aromatic heterocycles. The summed E-state index contributed by atoms with van der Waals surface area (Å²) in [6.45, 7) is 2.27. The molecule has 0 radical (unpaired) electrons. The smallest absolute Gasteiger partial charge is 0.227 e. The predicted molar refractivity (Wildman–Crippen MR) is 113 cm³/mol. The molecular weight excluding hydrogens is 410 g/mol. The van der Waals surface area contributed by atoms with E-state index in [1.54, 1.807) is 18.5 Å². The number of nitrogens with one attached hydrogen (secondary N) is 1. The zero-order chi connectivity index (χ0) is 20.6. The number of fused-ring (bicyclic) bond motifs is 1. The van der Waals surface area contributed by atoms with E-state index in [4.69, 9.17) is 9.72 Å². The molecule has 0 atom stereocenters. The van der Waals surface area contributed by atoms with Crippen LogP contribution >= 0.6 is 11.3 Å². The van der Waals surface area contributed by atoms with Crippen LogP contribution in [0, 0.1) is 6.92 Å². The van der Waals surface area contributed by atoms with Crippen molar-refractivity contribution in [3.8, 4) is 26.9 Å². The van der Waals surface area contributed by atoms with Crippen LogP contribution in [-0.2, 0) is 10.0 Å². The molecule has 0 amide bonds. The van der Waals surface area contributed by atoms with E-state index in [1.807, 2.05) is 31.2 Å². The Bertz CT molecular complexity index is 1190. The lowest BCUT2D eigenvalue weighted by molar-refractivity contribution is 0.349. The summed E-state index contributed by atoms with van der Waals surface area (Å²) in [6, 6.07) is 7.57. The molecule has 10 heteroatoms. The second kappa shape index (κ2) is 7.54. The lowest BCUT2D eigenvalue weighted by Gasteiger charge is -2.23. The van der Waals surface area contributed by atoms with Gasteiger partial charge in [0.05, 0.1) is 28.2 Å². The van der Waals surface area contributed by atoms with E-state index in [2.05, 4.69) is 15.4 Å². The van der Waals surface area contributed by atoms with Crippen LogP contribution < -0.4 is 10.2 Å². The van der Waals surface area contributed by atoms with E-state index < -0.39 is 10.0 Å². The van der Waals surface area contributed by atoms with Gasteiger partial charge in [-0.3, -0.25) is 4.98 Å². The zero-order valence-electron chi connectivity index (χ0n) is 16.1. The van der Waals surface area contributed by atoms with Crippen molar-refractivity contribution in [3.05, 3.63) is 54.1 Å². The molecule has 0 aliphatic carbocycles. The number of pyridine rings is 2. The molecule has 3 aromatic rings. The van der Waals surface area contributed by atoms with Crippen LogP contribution in [0.5, 0.6) is 5.75 Å². The Kier molecular flexibility index (Phi) is 5.07. The highest BCUT2D eigenvalue weighted by Gasteiger charge is 2.22. The van der Waals surface area contributed by atoms with Crippen molar-refractivity contribution in [1.29, 1.82) is 0 Å². The van der Waals surface area contributed by atoms with Gasteiger partial charge in [-0.25, -0.2) is 18.4 Å². The van der Waals surface area contributed by atoms with Crippen molar-refractivity contribution in [3.63, 3.8) is 0 Å². The topological polar surface area (TPSA) is 97.3 Å². The number of nitrogens with zero attached hydrogens (tertiary/aromatic N) is 4. The number of thiazole rings is 1. The van der Waals surface area contributed by atoms with Crippen molar-refractivity contribution >= 4 is 27.1 Å². The lowest BCUT2D eigenvalue weighted by Crippen LogP contribution is -2.38. The third kappa shape index (κ3) is 4.00. The van der Waals surface area contributed by atoms with Gasteiger partial charge in [-0.15, -0.1) is 15.8 Å². The maximum absolute atomic E-state index is 11.8. The maximum atomic E-state index is 11.8. The number of aryl methyl sites for hydroxylation is 1. The van der Waals surface area contributed by atoms with E-state index in [0.717, 1.165) is 37.5 Å². The van der Waals surface area contributed by atoms with Gasteiger partial charge in [0.2, 0.25) is 10.0 Å². The summed E-state index contributed by atoms with van der Waals surface area (Å²) in [6.07, 6.45) is 6.40. The Labute approximate surface area is 172 Å².